The molecule has 0 N–H and O–H groups in total. The monoisotopic (exact) mass is 346 g/mol. The van der Waals surface area contributed by atoms with Crippen LogP contribution in [0.5, 0.6) is 5.75 Å². The lowest BCUT2D eigenvalue weighted by atomic mass is 9.87. The van der Waals surface area contributed by atoms with E-state index in [0.29, 0.717) is 12.3 Å². The standard InChI is InChI=1S/C20H30N2O3/c1-14(25-16-11-9-15(10-12-16)20(2,3)4)18(23)22-13-7-8-17(22)19(24)21(5)6/h9-12,14,17H,7-8,13H2,1-6H3. The van der Waals surface area contributed by atoms with Gasteiger partial charge in [0.1, 0.15) is 11.8 Å². The summed E-state index contributed by atoms with van der Waals surface area (Å²) in [4.78, 5) is 28.2. The van der Waals surface area contributed by atoms with Crippen molar-refractivity contribution in [1.82, 2.24) is 9.80 Å². The minimum atomic E-state index is -0.615. The first-order chi connectivity index (χ1) is 11.6. The Bertz CT molecular complexity index is 617. The first-order valence-electron chi connectivity index (χ1n) is 8.90. The lowest BCUT2D eigenvalue weighted by molar-refractivity contribution is -0.146. The second-order valence-corrected chi connectivity index (χ2v) is 7.96. The molecule has 138 valence electrons. The quantitative estimate of drug-likeness (QED) is 0.842. The second-order valence-electron chi connectivity index (χ2n) is 7.96. The van der Waals surface area contributed by atoms with Gasteiger partial charge in [-0.1, -0.05) is 32.9 Å². The molecule has 0 saturated carbocycles. The summed E-state index contributed by atoms with van der Waals surface area (Å²) in [6.45, 7) is 8.83. The van der Waals surface area contributed by atoms with E-state index in [4.69, 9.17) is 4.74 Å². The molecule has 2 amide bonds. The molecule has 5 heteroatoms. The fourth-order valence-corrected chi connectivity index (χ4v) is 3.11. The van der Waals surface area contributed by atoms with Crippen LogP contribution in [-0.2, 0) is 15.0 Å². The molecule has 1 fully saturated rings. The number of likely N-dealkylation sites (N-methyl/N-ethyl adjacent to an activating group) is 1. The molecule has 1 aromatic carbocycles. The van der Waals surface area contributed by atoms with E-state index in [1.807, 2.05) is 24.3 Å². The van der Waals surface area contributed by atoms with E-state index in [1.54, 1.807) is 30.8 Å². The van der Waals surface area contributed by atoms with Crippen molar-refractivity contribution < 1.29 is 14.3 Å². The summed E-state index contributed by atoms with van der Waals surface area (Å²) in [6.07, 6.45) is 0.953. The molecule has 1 aliphatic heterocycles. The fraction of sp³-hybridized carbons (Fsp3) is 0.600. The van der Waals surface area contributed by atoms with Gasteiger partial charge in [0.15, 0.2) is 6.10 Å². The average Bonchev–Trinajstić information content (AvgIpc) is 3.02. The first-order valence-corrected chi connectivity index (χ1v) is 8.90. The third kappa shape index (κ3) is 4.53. The van der Waals surface area contributed by atoms with Crippen LogP contribution in [0, 0.1) is 0 Å². The molecule has 0 bridgehead atoms. The normalized spacial score (nSPS) is 18.8. The lowest BCUT2D eigenvalue weighted by Crippen LogP contribution is -2.49. The van der Waals surface area contributed by atoms with E-state index in [-0.39, 0.29) is 23.3 Å². The zero-order chi connectivity index (χ0) is 18.8. The van der Waals surface area contributed by atoms with Crippen molar-refractivity contribution in [3.05, 3.63) is 29.8 Å². The first kappa shape index (κ1) is 19.3. The molecule has 2 atom stereocenters. The largest absolute Gasteiger partial charge is 0.481 e. The number of likely N-dealkylation sites (tertiary alicyclic amines) is 1. The van der Waals surface area contributed by atoms with Crippen LogP contribution in [-0.4, -0.2) is 54.4 Å². The van der Waals surface area contributed by atoms with Crippen molar-refractivity contribution in [2.75, 3.05) is 20.6 Å². The molecule has 5 nitrogen and oxygen atoms in total. The highest BCUT2D eigenvalue weighted by Gasteiger charge is 2.37. The maximum Gasteiger partial charge on any atom is 0.264 e. The molecule has 1 saturated heterocycles. The van der Waals surface area contributed by atoms with E-state index in [2.05, 4.69) is 20.8 Å². The second kappa shape index (κ2) is 7.46. The van der Waals surface area contributed by atoms with Crippen molar-refractivity contribution in [1.29, 1.82) is 0 Å². The number of benzene rings is 1. The number of rotatable bonds is 4. The van der Waals surface area contributed by atoms with Crippen LogP contribution < -0.4 is 4.74 Å². The Morgan fingerprint density at radius 1 is 1.20 bits per heavy atom. The van der Waals surface area contributed by atoms with Gasteiger partial charge >= 0.3 is 0 Å². The van der Waals surface area contributed by atoms with E-state index in [0.717, 1.165) is 12.8 Å². The van der Waals surface area contributed by atoms with Crippen molar-refractivity contribution in [3.8, 4) is 5.75 Å². The SMILES string of the molecule is CC(Oc1ccc(C(C)(C)C)cc1)C(=O)N1CCCC1C(=O)N(C)C. The Morgan fingerprint density at radius 3 is 2.32 bits per heavy atom. The molecule has 0 spiro atoms. The van der Waals surface area contributed by atoms with Gasteiger partial charge in [-0.2, -0.15) is 0 Å². The van der Waals surface area contributed by atoms with E-state index in [1.165, 1.54) is 5.56 Å². The maximum absolute atomic E-state index is 12.7. The van der Waals surface area contributed by atoms with Gasteiger partial charge < -0.3 is 14.5 Å². The number of carbonyl (C=O) groups is 2. The minimum Gasteiger partial charge on any atom is -0.481 e. The smallest absolute Gasteiger partial charge is 0.264 e. The fourth-order valence-electron chi connectivity index (χ4n) is 3.11. The molecule has 1 aromatic rings. The molecule has 0 aromatic heterocycles. The highest BCUT2D eigenvalue weighted by Crippen LogP contribution is 2.25. The summed E-state index contributed by atoms with van der Waals surface area (Å²) in [7, 11) is 3.44. The zero-order valence-electron chi connectivity index (χ0n) is 16.2. The number of hydrogen-bond donors (Lipinski definition) is 0. The highest BCUT2D eigenvalue weighted by atomic mass is 16.5. The van der Waals surface area contributed by atoms with Gasteiger partial charge in [-0.25, -0.2) is 0 Å². The number of ether oxygens (including phenoxy) is 1. The highest BCUT2D eigenvalue weighted by molar-refractivity contribution is 5.89. The van der Waals surface area contributed by atoms with Crippen molar-refractivity contribution in [3.63, 3.8) is 0 Å². The molecular formula is C20H30N2O3. The Labute approximate surface area is 150 Å². The summed E-state index contributed by atoms with van der Waals surface area (Å²) < 4.78 is 5.83. The van der Waals surface area contributed by atoms with Crippen molar-refractivity contribution >= 4 is 11.8 Å². The number of hydrogen-bond acceptors (Lipinski definition) is 3. The van der Waals surface area contributed by atoms with Crippen LogP contribution >= 0.6 is 0 Å². The van der Waals surface area contributed by atoms with E-state index < -0.39 is 6.10 Å². The number of amides is 2. The number of nitrogens with zero attached hydrogens (tertiary/aromatic N) is 2. The van der Waals surface area contributed by atoms with Gasteiger partial charge in [0, 0.05) is 20.6 Å². The van der Waals surface area contributed by atoms with Gasteiger partial charge in [0.2, 0.25) is 5.91 Å². The molecule has 1 aliphatic rings. The predicted molar refractivity (Wildman–Crippen MR) is 98.7 cm³/mol. The average molecular weight is 346 g/mol. The van der Waals surface area contributed by atoms with E-state index >= 15 is 0 Å². The van der Waals surface area contributed by atoms with Gasteiger partial charge in [0.05, 0.1) is 0 Å². The lowest BCUT2D eigenvalue weighted by Gasteiger charge is -2.28. The molecule has 1 heterocycles. The summed E-state index contributed by atoms with van der Waals surface area (Å²) in [6, 6.07) is 7.49. The topological polar surface area (TPSA) is 49.9 Å². The van der Waals surface area contributed by atoms with Crippen molar-refractivity contribution in [2.45, 2.75) is 58.1 Å². The van der Waals surface area contributed by atoms with Gasteiger partial charge in [-0.15, -0.1) is 0 Å². The Hall–Kier alpha value is -2.04. The summed E-state index contributed by atoms with van der Waals surface area (Å²) in [5.74, 6) is 0.522. The van der Waals surface area contributed by atoms with Crippen LogP contribution in [0.25, 0.3) is 0 Å². The molecule has 25 heavy (non-hydrogen) atoms. The Morgan fingerprint density at radius 2 is 1.80 bits per heavy atom. The van der Waals surface area contributed by atoms with Crippen LogP contribution in [0.4, 0.5) is 0 Å². The molecule has 2 rings (SSSR count). The van der Waals surface area contributed by atoms with Crippen LogP contribution in [0.1, 0.15) is 46.1 Å². The number of carbonyl (C=O) groups excluding carboxylic acids is 2. The maximum atomic E-state index is 12.7. The van der Waals surface area contributed by atoms with Crippen LogP contribution in [0.15, 0.2) is 24.3 Å². The molecular weight excluding hydrogens is 316 g/mol. The Kier molecular flexibility index (Phi) is 5.76. The van der Waals surface area contributed by atoms with Crippen LogP contribution in [0.2, 0.25) is 0 Å². The third-order valence-electron chi connectivity index (χ3n) is 4.64. The minimum absolute atomic E-state index is 0.0208. The summed E-state index contributed by atoms with van der Waals surface area (Å²) in [5, 5.41) is 0. The molecule has 0 aliphatic carbocycles. The van der Waals surface area contributed by atoms with E-state index in [9.17, 15) is 9.59 Å². The van der Waals surface area contributed by atoms with Gasteiger partial charge in [0.25, 0.3) is 5.91 Å². The van der Waals surface area contributed by atoms with Crippen molar-refractivity contribution in [2.24, 2.45) is 0 Å². The van der Waals surface area contributed by atoms with Gasteiger partial charge in [-0.3, -0.25) is 9.59 Å². The Balaban J connectivity index is 2.03. The molecule has 0 radical (unpaired) electrons. The summed E-state index contributed by atoms with van der Waals surface area (Å²) >= 11 is 0. The van der Waals surface area contributed by atoms with Gasteiger partial charge in [-0.05, 0) is 42.9 Å². The zero-order valence-corrected chi connectivity index (χ0v) is 16.2. The van der Waals surface area contributed by atoms with Crippen LogP contribution in [0.3, 0.4) is 0 Å². The molecule has 2 unspecified atom stereocenters. The third-order valence-corrected chi connectivity index (χ3v) is 4.64. The summed E-state index contributed by atoms with van der Waals surface area (Å²) in [5.41, 5.74) is 1.30. The predicted octanol–water partition coefficient (Wildman–Crippen LogP) is 2.83.